The number of hydrogen-bond acceptors (Lipinski definition) is 2. The van der Waals surface area contributed by atoms with Gasteiger partial charge in [0, 0.05) is 16.3 Å². The lowest BCUT2D eigenvalue weighted by Crippen LogP contribution is -2.13. The molecule has 134 valence electrons. The van der Waals surface area contributed by atoms with E-state index in [4.69, 9.17) is 28.9 Å². The van der Waals surface area contributed by atoms with Gasteiger partial charge in [0.15, 0.2) is 5.69 Å². The highest BCUT2D eigenvalue weighted by Gasteiger charge is 2.39. The summed E-state index contributed by atoms with van der Waals surface area (Å²) in [6, 6.07) is 4.70. The maximum Gasteiger partial charge on any atom is 0.435 e. The number of hydrogen-bond donors (Lipinski definition) is 1. The Morgan fingerprint density at radius 1 is 1.28 bits per heavy atom. The number of rotatable bonds is 3. The Bertz CT molecular complexity index is 828. The molecule has 2 aromatic rings. The number of aromatic nitrogens is 2. The van der Waals surface area contributed by atoms with E-state index < -0.39 is 11.9 Å². The van der Waals surface area contributed by atoms with Crippen LogP contribution in [0.25, 0.3) is 5.69 Å². The minimum Gasteiger partial charge on any atom is -0.386 e. The van der Waals surface area contributed by atoms with Gasteiger partial charge in [0.05, 0.1) is 17.3 Å². The predicted molar refractivity (Wildman–Crippen MR) is 92.2 cm³/mol. The first-order valence-corrected chi connectivity index (χ1v) is 8.59. The summed E-state index contributed by atoms with van der Waals surface area (Å²) in [5.41, 5.74) is 6.38. The van der Waals surface area contributed by atoms with Gasteiger partial charge >= 0.3 is 6.18 Å². The molecule has 1 aliphatic rings. The summed E-state index contributed by atoms with van der Waals surface area (Å²) in [4.78, 5) is 4.17. The van der Waals surface area contributed by atoms with E-state index in [1.807, 2.05) is 0 Å². The highest BCUT2D eigenvalue weighted by Crippen LogP contribution is 2.38. The zero-order chi connectivity index (χ0) is 18.2. The monoisotopic (exact) mass is 390 g/mol. The summed E-state index contributed by atoms with van der Waals surface area (Å²) in [5.74, 6) is 0.138. The molecule has 0 amide bonds. The van der Waals surface area contributed by atoms with E-state index in [1.54, 1.807) is 12.1 Å². The minimum atomic E-state index is -4.50. The molecule has 0 atom stereocenters. The van der Waals surface area contributed by atoms with Crippen LogP contribution in [0.1, 0.15) is 29.8 Å². The maximum atomic E-state index is 13.4. The number of halogens is 5. The fraction of sp³-hybridized carbons (Fsp3) is 0.375. The largest absolute Gasteiger partial charge is 0.435 e. The van der Waals surface area contributed by atoms with Gasteiger partial charge in [0.25, 0.3) is 0 Å². The third kappa shape index (κ3) is 3.62. The highest BCUT2D eigenvalue weighted by atomic mass is 35.5. The predicted octanol–water partition coefficient (Wildman–Crippen LogP) is 4.65. The number of benzene rings is 1. The lowest BCUT2D eigenvalue weighted by atomic mass is 9.95. The van der Waals surface area contributed by atoms with E-state index in [9.17, 15) is 13.2 Å². The second-order valence-corrected chi connectivity index (χ2v) is 6.46. The molecule has 3 rings (SSSR count). The summed E-state index contributed by atoms with van der Waals surface area (Å²) in [7, 11) is 0. The molecular formula is C16H15Cl2F3N4. The Kier molecular flexibility index (Phi) is 4.97. The van der Waals surface area contributed by atoms with Crippen molar-refractivity contribution in [3.8, 4) is 5.69 Å². The van der Waals surface area contributed by atoms with Crippen LogP contribution in [-0.4, -0.2) is 21.5 Å². The van der Waals surface area contributed by atoms with Crippen molar-refractivity contribution in [2.45, 2.75) is 31.9 Å². The lowest BCUT2D eigenvalue weighted by Gasteiger charge is -2.15. The van der Waals surface area contributed by atoms with Crippen LogP contribution in [0.3, 0.4) is 0 Å². The summed E-state index contributed by atoms with van der Waals surface area (Å²) >= 11 is 11.7. The number of aliphatic imine (C=N–C) groups is 1. The molecule has 0 radical (unpaired) electrons. The molecule has 0 unspecified atom stereocenters. The van der Waals surface area contributed by atoms with Gasteiger partial charge in [-0.2, -0.15) is 18.3 Å². The zero-order valence-corrected chi connectivity index (χ0v) is 14.6. The average Bonchev–Trinajstić information content (AvgIpc) is 2.95. The summed E-state index contributed by atoms with van der Waals surface area (Å²) in [6.45, 7) is 0. The van der Waals surface area contributed by atoms with Crippen LogP contribution in [0.15, 0.2) is 23.2 Å². The van der Waals surface area contributed by atoms with E-state index in [-0.39, 0.29) is 17.3 Å². The van der Waals surface area contributed by atoms with E-state index in [2.05, 4.69) is 10.1 Å². The van der Waals surface area contributed by atoms with E-state index in [0.717, 1.165) is 6.42 Å². The van der Waals surface area contributed by atoms with Gasteiger partial charge in [-0.1, -0.05) is 11.6 Å². The maximum absolute atomic E-state index is 13.4. The van der Waals surface area contributed by atoms with Gasteiger partial charge in [0.2, 0.25) is 0 Å². The Balaban J connectivity index is 2.22. The molecule has 2 N–H and O–H groups in total. The number of alkyl halides is 4. The van der Waals surface area contributed by atoms with Crippen LogP contribution >= 0.6 is 23.2 Å². The summed E-state index contributed by atoms with van der Waals surface area (Å²) < 4.78 is 41.4. The van der Waals surface area contributed by atoms with Crippen LogP contribution < -0.4 is 5.73 Å². The van der Waals surface area contributed by atoms with E-state index >= 15 is 0 Å². The third-order valence-electron chi connectivity index (χ3n) is 4.02. The van der Waals surface area contributed by atoms with Crippen LogP contribution in [0.2, 0.25) is 5.02 Å². The molecule has 1 aliphatic carbocycles. The fourth-order valence-electron chi connectivity index (χ4n) is 2.98. The van der Waals surface area contributed by atoms with Gasteiger partial charge in [0.1, 0.15) is 5.84 Å². The van der Waals surface area contributed by atoms with Gasteiger partial charge in [-0.05, 0) is 43.9 Å². The van der Waals surface area contributed by atoms with Crippen molar-refractivity contribution in [2.75, 3.05) is 5.88 Å². The van der Waals surface area contributed by atoms with Crippen LogP contribution in [0.4, 0.5) is 18.9 Å². The SMILES string of the molecule is NC(CCl)=Nc1cc(Cl)ccc1-n1nc(C(F)(F)F)c2c1CCCC2. The molecule has 0 saturated carbocycles. The van der Waals surface area contributed by atoms with Gasteiger partial charge < -0.3 is 5.73 Å². The number of nitrogens with two attached hydrogens (primary N) is 1. The van der Waals surface area contributed by atoms with Crippen LogP contribution in [-0.2, 0) is 19.0 Å². The molecule has 0 fully saturated rings. The minimum absolute atomic E-state index is 0.00301. The second-order valence-electron chi connectivity index (χ2n) is 5.76. The lowest BCUT2D eigenvalue weighted by molar-refractivity contribution is -0.142. The average molecular weight is 391 g/mol. The van der Waals surface area contributed by atoms with Crippen molar-refractivity contribution in [2.24, 2.45) is 10.7 Å². The van der Waals surface area contributed by atoms with Crippen molar-refractivity contribution < 1.29 is 13.2 Å². The first-order valence-electron chi connectivity index (χ1n) is 7.68. The van der Waals surface area contributed by atoms with E-state index in [0.29, 0.717) is 41.4 Å². The number of amidine groups is 1. The number of fused-ring (bicyclic) bond motifs is 1. The normalized spacial score (nSPS) is 15.3. The molecule has 0 aliphatic heterocycles. The van der Waals surface area contributed by atoms with Gasteiger partial charge in [-0.25, -0.2) is 9.67 Å². The summed E-state index contributed by atoms with van der Waals surface area (Å²) in [5, 5.41) is 4.25. The van der Waals surface area contributed by atoms with Crippen molar-refractivity contribution in [3.05, 3.63) is 40.2 Å². The van der Waals surface area contributed by atoms with E-state index in [1.165, 1.54) is 10.7 Å². The smallest absolute Gasteiger partial charge is 0.386 e. The zero-order valence-electron chi connectivity index (χ0n) is 13.1. The highest BCUT2D eigenvalue weighted by molar-refractivity contribution is 6.31. The quantitative estimate of drug-likeness (QED) is 0.471. The Morgan fingerprint density at radius 2 is 2.00 bits per heavy atom. The molecule has 4 nitrogen and oxygen atoms in total. The van der Waals surface area contributed by atoms with Crippen molar-refractivity contribution in [1.29, 1.82) is 0 Å². The van der Waals surface area contributed by atoms with Crippen molar-refractivity contribution >= 4 is 34.7 Å². The molecule has 9 heteroatoms. The molecular weight excluding hydrogens is 376 g/mol. The van der Waals surface area contributed by atoms with Crippen LogP contribution in [0, 0.1) is 0 Å². The van der Waals surface area contributed by atoms with Crippen LogP contribution in [0.5, 0.6) is 0 Å². The summed E-state index contributed by atoms with van der Waals surface area (Å²) in [6.07, 6.45) is -2.09. The Hall–Kier alpha value is -1.73. The van der Waals surface area contributed by atoms with Gasteiger partial charge in [-0.3, -0.25) is 0 Å². The fourth-order valence-corrected chi connectivity index (χ4v) is 3.20. The molecule has 0 bridgehead atoms. The Labute approximate surface area is 152 Å². The molecule has 0 spiro atoms. The molecule has 0 saturated heterocycles. The first-order chi connectivity index (χ1) is 11.8. The molecule has 1 aromatic heterocycles. The number of nitrogens with zero attached hydrogens (tertiary/aromatic N) is 3. The third-order valence-corrected chi connectivity index (χ3v) is 4.52. The van der Waals surface area contributed by atoms with Crippen molar-refractivity contribution in [3.63, 3.8) is 0 Å². The molecule has 1 heterocycles. The standard InChI is InChI=1S/C16H15Cl2F3N4/c17-8-14(22)23-11-7-9(18)5-6-13(11)25-12-4-2-1-3-10(12)15(24-25)16(19,20)21/h5-7H,1-4,8H2,(H2,22,23). The molecule has 25 heavy (non-hydrogen) atoms. The topological polar surface area (TPSA) is 56.2 Å². The molecule has 1 aromatic carbocycles. The van der Waals surface area contributed by atoms with Gasteiger partial charge in [-0.15, -0.1) is 11.6 Å². The van der Waals surface area contributed by atoms with Crippen molar-refractivity contribution in [1.82, 2.24) is 9.78 Å². The second kappa shape index (κ2) is 6.88. The first kappa shape index (κ1) is 18.1. The Morgan fingerprint density at radius 3 is 2.68 bits per heavy atom.